The van der Waals surface area contributed by atoms with Crippen molar-refractivity contribution in [3.8, 4) is 0 Å². The van der Waals surface area contributed by atoms with Crippen molar-refractivity contribution in [3.63, 3.8) is 0 Å². The zero-order valence-corrected chi connectivity index (χ0v) is 10.3. The van der Waals surface area contributed by atoms with Crippen molar-refractivity contribution in [1.29, 1.82) is 0 Å². The molecule has 11 heavy (non-hydrogen) atoms. The molecule has 0 spiro atoms. The first kappa shape index (κ1) is 22.6. The van der Waals surface area contributed by atoms with Gasteiger partial charge in [-0.2, -0.15) is 0 Å². The third-order valence-corrected chi connectivity index (χ3v) is 0. The average Bonchev–Trinajstić information content (AvgIpc) is 1.66. The van der Waals surface area contributed by atoms with E-state index in [0.29, 0.717) is 0 Å². The SMILES string of the molecule is C=C.NC(=S)S.NC(=S)S.[Mn+2]. The summed E-state index contributed by atoms with van der Waals surface area (Å²) in [5, 5.41) is 0. The fraction of sp³-hybridized carbons (Fsp3) is 0. The molecule has 7 heteroatoms. The molecule has 0 aromatic carbocycles. The smallest absolute Gasteiger partial charge is 0.385 e. The first-order chi connectivity index (χ1) is 4.46. The number of thiocarbonyl (C=S) groups is 2. The molecular weight excluding hydrogens is 259 g/mol. The summed E-state index contributed by atoms with van der Waals surface area (Å²) < 4.78 is 0.389. The van der Waals surface area contributed by atoms with Crippen LogP contribution in [0.15, 0.2) is 13.2 Å². The van der Waals surface area contributed by atoms with Crippen molar-refractivity contribution in [2.45, 2.75) is 0 Å². The van der Waals surface area contributed by atoms with Crippen LogP contribution in [0.2, 0.25) is 0 Å². The Hall–Kier alpha value is 0.739. The van der Waals surface area contributed by atoms with E-state index in [0.717, 1.165) is 0 Å². The number of nitrogens with two attached hydrogens (primary N) is 2. The second-order valence-electron chi connectivity index (χ2n) is 0.676. The van der Waals surface area contributed by atoms with E-state index in [1.807, 2.05) is 0 Å². The van der Waals surface area contributed by atoms with Gasteiger partial charge in [-0.15, -0.1) is 38.4 Å². The van der Waals surface area contributed by atoms with Crippen molar-refractivity contribution in [3.05, 3.63) is 13.2 Å². The third-order valence-electron chi connectivity index (χ3n) is 0. The van der Waals surface area contributed by atoms with Crippen LogP contribution in [0.1, 0.15) is 0 Å². The van der Waals surface area contributed by atoms with Crippen LogP contribution >= 0.6 is 49.7 Å². The van der Waals surface area contributed by atoms with E-state index in [2.05, 4.69) is 62.9 Å². The van der Waals surface area contributed by atoms with E-state index in [-0.39, 0.29) is 25.7 Å². The molecule has 0 rings (SSSR count). The Morgan fingerprint density at radius 1 is 1.00 bits per heavy atom. The summed E-state index contributed by atoms with van der Waals surface area (Å²) >= 11 is 15.3. The number of rotatable bonds is 0. The van der Waals surface area contributed by atoms with Gasteiger partial charge in [-0.1, -0.05) is 24.4 Å². The molecule has 0 atom stereocenters. The van der Waals surface area contributed by atoms with Crippen LogP contribution in [-0.2, 0) is 17.1 Å². The molecule has 0 unspecified atom stereocenters. The number of hydrogen-bond acceptors (Lipinski definition) is 2. The van der Waals surface area contributed by atoms with Gasteiger partial charge in [-0.05, 0) is 0 Å². The predicted molar refractivity (Wildman–Crippen MR) is 62.8 cm³/mol. The zero-order chi connectivity index (χ0) is 9.15. The van der Waals surface area contributed by atoms with Crippen LogP contribution in [0.3, 0.4) is 0 Å². The topological polar surface area (TPSA) is 52.0 Å². The molecule has 0 fully saturated rings. The van der Waals surface area contributed by atoms with Crippen LogP contribution in [0, 0.1) is 0 Å². The minimum Gasteiger partial charge on any atom is -0.385 e. The van der Waals surface area contributed by atoms with E-state index in [1.54, 1.807) is 0 Å². The van der Waals surface area contributed by atoms with Crippen molar-refractivity contribution >= 4 is 58.3 Å². The standard InChI is InChI=1S/C2H4.2CH3NS2.Mn/c1-2;2*2-1(3)4;/h1-2H2;2*(H3,2,3,4);/q;;;+2. The number of thiol groups is 2. The minimum absolute atomic E-state index is 0. The van der Waals surface area contributed by atoms with Gasteiger partial charge in [0, 0.05) is 0 Å². The van der Waals surface area contributed by atoms with Crippen LogP contribution < -0.4 is 11.5 Å². The quantitative estimate of drug-likeness (QED) is 0.230. The van der Waals surface area contributed by atoms with E-state index in [9.17, 15) is 0 Å². The van der Waals surface area contributed by atoms with Gasteiger partial charge < -0.3 is 11.5 Å². The van der Waals surface area contributed by atoms with Gasteiger partial charge in [0.25, 0.3) is 0 Å². The van der Waals surface area contributed by atoms with Crippen LogP contribution in [0.25, 0.3) is 0 Å². The fourth-order valence-electron chi connectivity index (χ4n) is 0. The summed E-state index contributed by atoms with van der Waals surface area (Å²) in [5.41, 5.74) is 9.41. The molecule has 0 saturated carbocycles. The molecule has 0 aromatic heterocycles. The van der Waals surface area contributed by atoms with E-state index >= 15 is 0 Å². The maximum Gasteiger partial charge on any atom is 2.00 e. The van der Waals surface area contributed by atoms with Crippen LogP contribution in [0.4, 0.5) is 0 Å². The summed E-state index contributed by atoms with van der Waals surface area (Å²) in [4.78, 5) is 0. The molecule has 2 nitrogen and oxygen atoms in total. The van der Waals surface area contributed by atoms with Crippen molar-refractivity contribution in [1.82, 2.24) is 0 Å². The summed E-state index contributed by atoms with van der Waals surface area (Å²) in [6.07, 6.45) is 0. The normalized spacial score (nSPS) is 4.91. The molecule has 0 aliphatic rings. The van der Waals surface area contributed by atoms with Gasteiger partial charge in [0.05, 0.1) is 0 Å². The van der Waals surface area contributed by atoms with Gasteiger partial charge >= 0.3 is 17.1 Å². The molecule has 0 amide bonds. The average molecular weight is 269 g/mol. The molecule has 4 N–H and O–H groups in total. The predicted octanol–water partition coefficient (Wildman–Crippen LogP) is 1.12. The second kappa shape index (κ2) is 22.4. The van der Waals surface area contributed by atoms with Crippen molar-refractivity contribution in [2.24, 2.45) is 11.5 Å². The molecule has 0 aromatic rings. The molecule has 0 saturated heterocycles. The van der Waals surface area contributed by atoms with Crippen LogP contribution in [-0.4, -0.2) is 8.64 Å². The van der Waals surface area contributed by atoms with Gasteiger partial charge in [0.2, 0.25) is 0 Å². The summed E-state index contributed by atoms with van der Waals surface area (Å²) in [6.45, 7) is 6.00. The zero-order valence-electron chi connectivity index (χ0n) is 5.66. The van der Waals surface area contributed by atoms with E-state index in [4.69, 9.17) is 11.5 Å². The number of hydrogen-bond donors (Lipinski definition) is 4. The summed E-state index contributed by atoms with van der Waals surface area (Å²) in [7, 11) is 0. The Kier molecular flexibility index (Phi) is 46.1. The first-order valence-corrected chi connectivity index (χ1v) is 3.64. The third kappa shape index (κ3) is 1500. The Morgan fingerprint density at radius 3 is 1.00 bits per heavy atom. The Morgan fingerprint density at radius 2 is 1.00 bits per heavy atom. The molecule has 0 aliphatic heterocycles. The molecular formula is C4H10MnN2S4+2. The Labute approximate surface area is 99.5 Å². The molecule has 0 aliphatic carbocycles. The van der Waals surface area contributed by atoms with E-state index < -0.39 is 0 Å². The molecule has 65 valence electrons. The maximum absolute atomic E-state index is 4.71. The van der Waals surface area contributed by atoms with Gasteiger partial charge in [-0.3, -0.25) is 0 Å². The monoisotopic (exact) mass is 269 g/mol. The van der Waals surface area contributed by atoms with Gasteiger partial charge in [0.15, 0.2) is 0 Å². The molecule has 0 bridgehead atoms. The molecule has 1 radical (unpaired) electrons. The second-order valence-corrected chi connectivity index (χ2v) is 3.12. The summed E-state index contributed by atoms with van der Waals surface area (Å²) in [5.74, 6) is 0. The molecule has 0 heterocycles. The van der Waals surface area contributed by atoms with Crippen molar-refractivity contribution in [2.75, 3.05) is 0 Å². The Bertz CT molecular complexity index is 88.3. The van der Waals surface area contributed by atoms with Crippen LogP contribution in [0.5, 0.6) is 0 Å². The van der Waals surface area contributed by atoms with E-state index in [1.165, 1.54) is 0 Å². The largest absolute Gasteiger partial charge is 2.00 e. The maximum atomic E-state index is 4.71. The summed E-state index contributed by atoms with van der Waals surface area (Å²) in [6, 6.07) is 0. The van der Waals surface area contributed by atoms with Crippen molar-refractivity contribution < 1.29 is 17.1 Å². The minimum atomic E-state index is 0. The van der Waals surface area contributed by atoms with Gasteiger partial charge in [-0.25, -0.2) is 0 Å². The first-order valence-electron chi connectivity index (χ1n) is 1.93. The fourth-order valence-corrected chi connectivity index (χ4v) is 0. The van der Waals surface area contributed by atoms with Gasteiger partial charge in [0.1, 0.15) is 8.64 Å². The Balaban J connectivity index is -0.0000000339.